The minimum atomic E-state index is 0.385. The Bertz CT molecular complexity index is 55.4. The second kappa shape index (κ2) is 3.08. The molecule has 1 radical (unpaired) electrons. The quantitative estimate of drug-likeness (QED) is 0.544. The Labute approximate surface area is 50.7 Å². The molecule has 0 aromatic carbocycles. The molecule has 1 aliphatic carbocycles. The summed E-state index contributed by atoms with van der Waals surface area (Å²) in [5.74, 6) is 0.587. The average Bonchev–Trinajstić information content (AvgIpc) is 1.90. The predicted octanol–water partition coefficient (Wildman–Crippen LogP) is 1.37. The zero-order valence-corrected chi connectivity index (χ0v) is 5.14. The molecular formula is C7H13O. The normalized spacial score (nSPS) is 23.6. The van der Waals surface area contributed by atoms with Gasteiger partial charge in [0.15, 0.2) is 0 Å². The van der Waals surface area contributed by atoms with Crippen molar-refractivity contribution in [3.05, 3.63) is 6.42 Å². The molecule has 0 aromatic heterocycles. The average molecular weight is 113 g/mol. The van der Waals surface area contributed by atoms with Gasteiger partial charge in [0.05, 0.1) is 0 Å². The van der Waals surface area contributed by atoms with Crippen LogP contribution in [0, 0.1) is 12.3 Å². The molecule has 0 unspecified atom stereocenters. The van der Waals surface area contributed by atoms with E-state index in [0.29, 0.717) is 12.5 Å². The summed E-state index contributed by atoms with van der Waals surface area (Å²) in [6, 6.07) is 0. The molecule has 0 amide bonds. The van der Waals surface area contributed by atoms with Gasteiger partial charge in [-0.15, -0.1) is 0 Å². The van der Waals surface area contributed by atoms with Gasteiger partial charge in [-0.3, -0.25) is 0 Å². The van der Waals surface area contributed by atoms with Gasteiger partial charge in [-0.25, -0.2) is 0 Å². The van der Waals surface area contributed by atoms with Crippen LogP contribution in [0.2, 0.25) is 0 Å². The van der Waals surface area contributed by atoms with Gasteiger partial charge in [0.25, 0.3) is 0 Å². The lowest BCUT2D eigenvalue weighted by Crippen LogP contribution is -2.10. The fourth-order valence-electron chi connectivity index (χ4n) is 1.19. The number of rotatable bonds is 1. The van der Waals surface area contributed by atoms with E-state index in [2.05, 4.69) is 6.42 Å². The van der Waals surface area contributed by atoms with Crippen LogP contribution in [0.15, 0.2) is 0 Å². The van der Waals surface area contributed by atoms with Crippen LogP contribution in [0.5, 0.6) is 0 Å². The molecule has 8 heavy (non-hydrogen) atoms. The van der Waals surface area contributed by atoms with Crippen LogP contribution in [0.3, 0.4) is 0 Å². The van der Waals surface area contributed by atoms with Gasteiger partial charge in [-0.2, -0.15) is 0 Å². The first-order chi connectivity index (χ1) is 3.93. The Morgan fingerprint density at radius 3 is 2.88 bits per heavy atom. The van der Waals surface area contributed by atoms with Crippen molar-refractivity contribution < 1.29 is 5.11 Å². The number of aliphatic hydroxyl groups is 1. The molecule has 0 heterocycles. The molecule has 47 valence electrons. The predicted molar refractivity (Wildman–Crippen MR) is 33.3 cm³/mol. The van der Waals surface area contributed by atoms with Crippen molar-refractivity contribution in [2.75, 3.05) is 6.61 Å². The third-order valence-corrected chi connectivity index (χ3v) is 1.78. The van der Waals surface area contributed by atoms with E-state index >= 15 is 0 Å². The van der Waals surface area contributed by atoms with E-state index in [1.54, 1.807) is 0 Å². The largest absolute Gasteiger partial charge is 0.396 e. The Hall–Kier alpha value is -0.0400. The third-order valence-electron chi connectivity index (χ3n) is 1.78. The van der Waals surface area contributed by atoms with Crippen LogP contribution in [-0.2, 0) is 0 Å². The first-order valence-electron chi connectivity index (χ1n) is 3.36. The summed E-state index contributed by atoms with van der Waals surface area (Å²) in [5.41, 5.74) is 0. The lowest BCUT2D eigenvalue weighted by atomic mass is 9.90. The molecule has 0 aromatic rings. The molecule has 0 saturated heterocycles. The van der Waals surface area contributed by atoms with E-state index in [-0.39, 0.29) is 0 Å². The van der Waals surface area contributed by atoms with Crippen molar-refractivity contribution in [1.82, 2.24) is 0 Å². The Kier molecular flexibility index (Phi) is 2.34. The highest BCUT2D eigenvalue weighted by Gasteiger charge is 2.10. The molecule has 1 saturated carbocycles. The number of hydrogen-bond acceptors (Lipinski definition) is 1. The fourth-order valence-corrected chi connectivity index (χ4v) is 1.19. The maximum Gasteiger partial charge on any atom is 0.0459 e. The van der Waals surface area contributed by atoms with E-state index < -0.39 is 0 Å². The third kappa shape index (κ3) is 1.48. The van der Waals surface area contributed by atoms with Crippen molar-refractivity contribution >= 4 is 0 Å². The lowest BCUT2D eigenvalue weighted by Gasteiger charge is -2.17. The van der Waals surface area contributed by atoms with Gasteiger partial charge >= 0.3 is 0 Å². The molecule has 1 atom stereocenters. The van der Waals surface area contributed by atoms with Gasteiger partial charge in [-0.05, 0) is 25.2 Å². The summed E-state index contributed by atoms with van der Waals surface area (Å²) < 4.78 is 0. The SMILES string of the molecule is OC[C@@H]1C[CH]CCC1. The molecular weight excluding hydrogens is 100 g/mol. The van der Waals surface area contributed by atoms with Crippen molar-refractivity contribution in [2.24, 2.45) is 5.92 Å². The van der Waals surface area contributed by atoms with Crippen LogP contribution in [0.1, 0.15) is 25.7 Å². The second-order valence-electron chi connectivity index (χ2n) is 2.50. The van der Waals surface area contributed by atoms with Gasteiger partial charge in [0.2, 0.25) is 0 Å². The summed E-state index contributed by atoms with van der Waals surface area (Å²) in [6.45, 7) is 0.385. The maximum atomic E-state index is 8.67. The Morgan fingerprint density at radius 2 is 2.50 bits per heavy atom. The first kappa shape index (κ1) is 6.09. The van der Waals surface area contributed by atoms with Crippen LogP contribution >= 0.6 is 0 Å². The molecule has 0 bridgehead atoms. The van der Waals surface area contributed by atoms with Crippen molar-refractivity contribution in [2.45, 2.75) is 25.7 Å². The highest BCUT2D eigenvalue weighted by Crippen LogP contribution is 2.21. The first-order valence-corrected chi connectivity index (χ1v) is 3.36. The summed E-state index contributed by atoms with van der Waals surface area (Å²) in [4.78, 5) is 0. The molecule has 1 N–H and O–H groups in total. The van der Waals surface area contributed by atoms with Crippen LogP contribution in [0.4, 0.5) is 0 Å². The Morgan fingerprint density at radius 1 is 1.62 bits per heavy atom. The zero-order chi connectivity index (χ0) is 5.82. The zero-order valence-electron chi connectivity index (χ0n) is 5.14. The van der Waals surface area contributed by atoms with E-state index in [1.807, 2.05) is 0 Å². The Balaban J connectivity index is 2.13. The highest BCUT2D eigenvalue weighted by molar-refractivity contribution is 4.76. The minimum Gasteiger partial charge on any atom is -0.396 e. The van der Waals surface area contributed by atoms with E-state index in [0.717, 1.165) is 6.42 Å². The molecule has 1 aliphatic rings. The maximum absolute atomic E-state index is 8.67. The molecule has 1 rings (SSSR count). The molecule has 0 spiro atoms. The summed E-state index contributed by atoms with van der Waals surface area (Å²) >= 11 is 0. The van der Waals surface area contributed by atoms with Crippen LogP contribution in [0.25, 0.3) is 0 Å². The summed E-state index contributed by atoms with van der Waals surface area (Å²) in [5, 5.41) is 8.67. The van der Waals surface area contributed by atoms with Crippen molar-refractivity contribution in [3.8, 4) is 0 Å². The minimum absolute atomic E-state index is 0.385. The lowest BCUT2D eigenvalue weighted by molar-refractivity contribution is 0.205. The summed E-state index contributed by atoms with van der Waals surface area (Å²) in [7, 11) is 0. The topological polar surface area (TPSA) is 20.2 Å². The van der Waals surface area contributed by atoms with E-state index in [9.17, 15) is 0 Å². The molecule has 1 fully saturated rings. The fraction of sp³-hybridized carbons (Fsp3) is 0.857. The van der Waals surface area contributed by atoms with E-state index in [1.165, 1.54) is 19.3 Å². The van der Waals surface area contributed by atoms with Crippen LogP contribution < -0.4 is 0 Å². The monoisotopic (exact) mass is 113 g/mol. The standard InChI is InChI=1S/C7H13O/c8-6-7-4-2-1-3-5-7/h2,7-8H,1,3-6H2/t7-/m1/s1. The van der Waals surface area contributed by atoms with Gasteiger partial charge in [-0.1, -0.05) is 12.8 Å². The van der Waals surface area contributed by atoms with Gasteiger partial charge in [0, 0.05) is 6.61 Å². The van der Waals surface area contributed by atoms with Gasteiger partial charge < -0.3 is 5.11 Å². The molecule has 0 aliphatic heterocycles. The number of hydrogen-bond donors (Lipinski definition) is 1. The van der Waals surface area contributed by atoms with Crippen LogP contribution in [-0.4, -0.2) is 11.7 Å². The smallest absolute Gasteiger partial charge is 0.0459 e. The second-order valence-corrected chi connectivity index (χ2v) is 2.50. The molecule has 1 heteroatoms. The number of aliphatic hydroxyl groups excluding tert-OH is 1. The highest BCUT2D eigenvalue weighted by atomic mass is 16.3. The van der Waals surface area contributed by atoms with Crippen molar-refractivity contribution in [1.29, 1.82) is 0 Å². The van der Waals surface area contributed by atoms with Crippen molar-refractivity contribution in [3.63, 3.8) is 0 Å². The molecule has 1 nitrogen and oxygen atoms in total. The van der Waals surface area contributed by atoms with Gasteiger partial charge in [0.1, 0.15) is 0 Å². The summed E-state index contributed by atoms with van der Waals surface area (Å²) in [6.07, 6.45) is 7.19. The van der Waals surface area contributed by atoms with E-state index in [4.69, 9.17) is 5.11 Å².